The molecule has 0 bridgehead atoms. The molecule has 1 aliphatic heterocycles. The Bertz CT molecular complexity index is 998. The first-order valence-electron chi connectivity index (χ1n) is 9.62. The summed E-state index contributed by atoms with van der Waals surface area (Å²) < 4.78 is 0. The van der Waals surface area contributed by atoms with Crippen LogP contribution in [-0.4, -0.2) is 49.0 Å². The number of benzene rings is 2. The van der Waals surface area contributed by atoms with Crippen LogP contribution in [0.15, 0.2) is 53.9 Å². The number of carbonyl (C=O) groups is 1. The SMILES string of the molecule is CN1CCN(c2ccccc2NC(=O)Cc2csc(-c3ccccc3Cl)n2)CC1. The summed E-state index contributed by atoms with van der Waals surface area (Å²) in [5, 5.41) is 6.49. The van der Waals surface area contributed by atoms with E-state index in [9.17, 15) is 4.79 Å². The highest BCUT2D eigenvalue weighted by atomic mass is 35.5. The van der Waals surface area contributed by atoms with Crippen LogP contribution < -0.4 is 10.2 Å². The number of hydrogen-bond acceptors (Lipinski definition) is 5. The van der Waals surface area contributed by atoms with Crippen LogP contribution in [0.3, 0.4) is 0 Å². The Morgan fingerprint density at radius 2 is 1.83 bits per heavy atom. The fourth-order valence-electron chi connectivity index (χ4n) is 3.41. The van der Waals surface area contributed by atoms with Gasteiger partial charge in [-0.3, -0.25) is 4.79 Å². The molecule has 1 aliphatic rings. The molecule has 150 valence electrons. The van der Waals surface area contributed by atoms with Crippen molar-refractivity contribution in [2.45, 2.75) is 6.42 Å². The van der Waals surface area contributed by atoms with Gasteiger partial charge in [-0.2, -0.15) is 0 Å². The van der Waals surface area contributed by atoms with Crippen LogP contribution in [0.5, 0.6) is 0 Å². The van der Waals surface area contributed by atoms with Crippen molar-refractivity contribution < 1.29 is 4.79 Å². The topological polar surface area (TPSA) is 48.5 Å². The van der Waals surface area contributed by atoms with Crippen LogP contribution in [-0.2, 0) is 11.2 Å². The third kappa shape index (κ3) is 4.78. The van der Waals surface area contributed by atoms with Crippen LogP contribution in [0, 0.1) is 0 Å². The second-order valence-corrected chi connectivity index (χ2v) is 8.42. The van der Waals surface area contributed by atoms with E-state index in [0.29, 0.717) is 5.02 Å². The lowest BCUT2D eigenvalue weighted by Gasteiger charge is -2.35. The van der Waals surface area contributed by atoms with Gasteiger partial charge in [0.05, 0.1) is 28.5 Å². The zero-order chi connectivity index (χ0) is 20.2. The second kappa shape index (κ2) is 8.95. The van der Waals surface area contributed by atoms with E-state index in [-0.39, 0.29) is 12.3 Å². The quantitative estimate of drug-likeness (QED) is 0.657. The molecule has 29 heavy (non-hydrogen) atoms. The molecule has 3 aromatic rings. The number of anilines is 2. The number of likely N-dealkylation sites (N-methyl/N-ethyl adjacent to an activating group) is 1. The Balaban J connectivity index is 1.44. The summed E-state index contributed by atoms with van der Waals surface area (Å²) in [7, 11) is 2.13. The monoisotopic (exact) mass is 426 g/mol. The number of para-hydroxylation sites is 2. The fraction of sp³-hybridized carbons (Fsp3) is 0.273. The molecule has 7 heteroatoms. The summed E-state index contributed by atoms with van der Waals surface area (Å²) in [6.07, 6.45) is 0.234. The number of hydrogen-bond donors (Lipinski definition) is 1. The zero-order valence-electron chi connectivity index (χ0n) is 16.3. The molecule has 1 saturated heterocycles. The number of halogens is 1. The maximum atomic E-state index is 12.7. The maximum Gasteiger partial charge on any atom is 0.230 e. The number of amides is 1. The van der Waals surface area contributed by atoms with Crippen molar-refractivity contribution in [1.29, 1.82) is 0 Å². The smallest absolute Gasteiger partial charge is 0.230 e. The highest BCUT2D eigenvalue weighted by Gasteiger charge is 2.18. The van der Waals surface area contributed by atoms with Crippen LogP contribution in [0.1, 0.15) is 5.69 Å². The number of nitrogens with one attached hydrogen (secondary N) is 1. The number of aromatic nitrogens is 1. The average Bonchev–Trinajstić information content (AvgIpc) is 3.17. The van der Waals surface area contributed by atoms with Crippen molar-refractivity contribution in [1.82, 2.24) is 9.88 Å². The van der Waals surface area contributed by atoms with Gasteiger partial charge in [0, 0.05) is 37.1 Å². The fourth-order valence-corrected chi connectivity index (χ4v) is 4.55. The van der Waals surface area contributed by atoms with Crippen molar-refractivity contribution >= 4 is 40.2 Å². The summed E-state index contributed by atoms with van der Waals surface area (Å²) in [4.78, 5) is 21.9. The number of nitrogens with zero attached hydrogens (tertiary/aromatic N) is 3. The molecule has 0 spiro atoms. The molecule has 5 nitrogen and oxygen atoms in total. The van der Waals surface area contributed by atoms with Gasteiger partial charge in [-0.05, 0) is 25.2 Å². The van der Waals surface area contributed by atoms with Crippen LogP contribution in [0.25, 0.3) is 10.6 Å². The van der Waals surface area contributed by atoms with E-state index < -0.39 is 0 Å². The first-order chi connectivity index (χ1) is 14.1. The third-order valence-corrected chi connectivity index (χ3v) is 6.27. The van der Waals surface area contributed by atoms with Gasteiger partial charge >= 0.3 is 0 Å². The highest BCUT2D eigenvalue weighted by molar-refractivity contribution is 7.13. The molecule has 1 amide bonds. The van der Waals surface area contributed by atoms with Gasteiger partial charge in [-0.15, -0.1) is 11.3 Å². The summed E-state index contributed by atoms with van der Waals surface area (Å²) >= 11 is 7.76. The molecule has 1 N–H and O–H groups in total. The van der Waals surface area contributed by atoms with Gasteiger partial charge in [0.25, 0.3) is 0 Å². The lowest BCUT2D eigenvalue weighted by Crippen LogP contribution is -2.44. The Hall–Kier alpha value is -2.41. The van der Waals surface area contributed by atoms with Crippen molar-refractivity contribution in [2.24, 2.45) is 0 Å². The number of thiazole rings is 1. The molecule has 0 aliphatic carbocycles. The molecular formula is C22H23ClN4OS. The molecule has 4 rings (SSSR count). The number of rotatable bonds is 5. The van der Waals surface area contributed by atoms with E-state index in [1.807, 2.05) is 47.8 Å². The molecule has 0 radical (unpaired) electrons. The lowest BCUT2D eigenvalue weighted by molar-refractivity contribution is -0.115. The largest absolute Gasteiger partial charge is 0.367 e. The zero-order valence-corrected chi connectivity index (χ0v) is 17.8. The van der Waals surface area contributed by atoms with Crippen LogP contribution in [0.4, 0.5) is 11.4 Å². The first kappa shape index (κ1) is 19.9. The van der Waals surface area contributed by atoms with Gasteiger partial charge in [0.1, 0.15) is 5.01 Å². The Labute approximate surface area is 179 Å². The standard InChI is InChI=1S/C22H23ClN4OS/c1-26-10-12-27(13-11-26)20-9-5-4-8-19(20)25-21(28)14-16-15-29-22(24-16)17-6-2-3-7-18(17)23/h2-9,15H,10-14H2,1H3,(H,25,28). The van der Waals surface area contributed by atoms with E-state index in [1.54, 1.807) is 0 Å². The van der Waals surface area contributed by atoms with Gasteiger partial charge in [0.15, 0.2) is 0 Å². The molecule has 0 unspecified atom stereocenters. The normalized spacial score (nSPS) is 14.8. The second-order valence-electron chi connectivity index (χ2n) is 7.16. The summed E-state index contributed by atoms with van der Waals surface area (Å²) in [6.45, 7) is 3.95. The average molecular weight is 427 g/mol. The number of carbonyl (C=O) groups excluding carboxylic acids is 1. The van der Waals surface area contributed by atoms with E-state index in [4.69, 9.17) is 11.6 Å². The number of piperazine rings is 1. The molecular weight excluding hydrogens is 404 g/mol. The molecule has 2 aromatic carbocycles. The van der Waals surface area contributed by atoms with Gasteiger partial charge in [0.2, 0.25) is 5.91 Å². The maximum absolute atomic E-state index is 12.7. The van der Waals surface area contributed by atoms with E-state index in [1.165, 1.54) is 11.3 Å². The predicted octanol–water partition coefficient (Wildman–Crippen LogP) is 4.40. The van der Waals surface area contributed by atoms with Crippen LogP contribution >= 0.6 is 22.9 Å². The van der Waals surface area contributed by atoms with Crippen LogP contribution in [0.2, 0.25) is 5.02 Å². The van der Waals surface area contributed by atoms with Crippen molar-refractivity contribution in [3.8, 4) is 10.6 Å². The summed E-state index contributed by atoms with van der Waals surface area (Å²) in [5.41, 5.74) is 3.57. The molecule has 1 aromatic heterocycles. The minimum Gasteiger partial charge on any atom is -0.367 e. The molecule has 0 atom stereocenters. The van der Waals surface area contributed by atoms with Gasteiger partial charge in [-0.1, -0.05) is 41.9 Å². The predicted molar refractivity (Wildman–Crippen MR) is 121 cm³/mol. The van der Waals surface area contributed by atoms with Crippen molar-refractivity contribution in [3.63, 3.8) is 0 Å². The summed E-state index contributed by atoms with van der Waals surface area (Å²) in [6, 6.07) is 15.6. The van der Waals surface area contributed by atoms with Crippen molar-refractivity contribution in [2.75, 3.05) is 43.4 Å². The van der Waals surface area contributed by atoms with Gasteiger partial charge in [-0.25, -0.2) is 4.98 Å². The lowest BCUT2D eigenvalue weighted by atomic mass is 10.2. The molecule has 0 saturated carbocycles. The highest BCUT2D eigenvalue weighted by Crippen LogP contribution is 2.30. The minimum absolute atomic E-state index is 0.0670. The Morgan fingerprint density at radius 1 is 1.10 bits per heavy atom. The summed E-state index contributed by atoms with van der Waals surface area (Å²) in [5.74, 6) is -0.0670. The Kier molecular flexibility index (Phi) is 6.13. The minimum atomic E-state index is -0.0670. The molecule has 1 fully saturated rings. The van der Waals surface area contributed by atoms with E-state index >= 15 is 0 Å². The van der Waals surface area contributed by atoms with E-state index in [0.717, 1.165) is 53.8 Å². The van der Waals surface area contributed by atoms with Gasteiger partial charge < -0.3 is 15.1 Å². The third-order valence-electron chi connectivity index (χ3n) is 5.02. The molecule has 2 heterocycles. The Morgan fingerprint density at radius 3 is 2.62 bits per heavy atom. The van der Waals surface area contributed by atoms with E-state index in [2.05, 4.69) is 33.2 Å². The first-order valence-corrected chi connectivity index (χ1v) is 10.9. The van der Waals surface area contributed by atoms with Crippen molar-refractivity contribution in [3.05, 3.63) is 64.6 Å².